The number of carbonyl (C=O) groups excluding carboxylic acids is 4. The van der Waals surface area contributed by atoms with Crippen molar-refractivity contribution in [3.8, 4) is 22.6 Å². The van der Waals surface area contributed by atoms with Gasteiger partial charge in [-0.3, -0.25) is 38.6 Å². The number of ether oxygens (including phenoxy) is 6. The normalized spacial score (nSPS) is 22.4. The van der Waals surface area contributed by atoms with E-state index in [0.29, 0.717) is 78.8 Å². The Balaban J connectivity index is 0.633. The standard InChI is InChI=1S/C71H82N10O20S2/c1-42-49(47-14-15-54(77-58(47)64(89)90)79-23-18-43-8-6-9-48(50(43)32-79)63(88)78-67-76-51-10-4-5-11-53(51)102-67)30-75-81(42)41-70-36-68(2)35-69(3,37-70)39-71(38-68,40-70)99-25-21-73-31-57(84)98-33-44-12-13-46(100-66-61(87)59(85)60(86)62(101-66)65(91)92)28-52(44)97-27-26-96-24-20-72-29-45(34-103(93,94)95)74-19-7-22-80-55(82)16-17-56(80)83/h4-6,8-17,28,30,45,66,72-74,85-87H,7,18-27,29,31-41H2,1-3H3,(H,89,90)(H,91,92)(H,76,78,88)(H,93,94,95)/t45-,66+,68-,69?,70?,71?/m0/s1. The van der Waals surface area contributed by atoms with Gasteiger partial charge in [-0.15, -0.1) is 0 Å². The summed E-state index contributed by atoms with van der Waals surface area (Å²) in [7, 11) is -4.37. The zero-order valence-corrected chi connectivity index (χ0v) is 58.6. The lowest BCUT2D eigenvalue weighted by atomic mass is 9.39. The van der Waals surface area contributed by atoms with Gasteiger partial charge in [0.05, 0.1) is 54.1 Å². The van der Waals surface area contributed by atoms with Crippen LogP contribution in [0.1, 0.15) is 102 Å². The number of fused-ring (bicyclic) bond motifs is 2. The molecule has 548 valence electrons. The molecule has 10 N–H and O–H groups in total. The number of esters is 1. The summed E-state index contributed by atoms with van der Waals surface area (Å²) in [6, 6.07) is 20.5. The lowest BCUT2D eigenvalue weighted by Gasteiger charge is -2.69. The fourth-order valence-corrected chi connectivity index (χ4v) is 17.9. The molecule has 3 unspecified atom stereocenters. The number of imide groups is 1. The van der Waals surface area contributed by atoms with Gasteiger partial charge in [0.25, 0.3) is 33.6 Å². The summed E-state index contributed by atoms with van der Waals surface area (Å²) < 4.78 is 71.2. The zero-order chi connectivity index (χ0) is 73.0. The minimum atomic E-state index is -4.37. The summed E-state index contributed by atoms with van der Waals surface area (Å²) >= 11 is 1.40. The van der Waals surface area contributed by atoms with Gasteiger partial charge in [-0.25, -0.2) is 19.6 Å². The third-order valence-electron chi connectivity index (χ3n) is 19.5. The van der Waals surface area contributed by atoms with Crippen molar-refractivity contribution in [3.63, 3.8) is 0 Å². The fraction of sp³-hybridized carbons (Fsp3) is 0.451. The van der Waals surface area contributed by atoms with E-state index in [-0.39, 0.29) is 98.5 Å². The quantitative estimate of drug-likeness (QED) is 0.00849. The molecule has 3 aromatic heterocycles. The van der Waals surface area contributed by atoms with Crippen LogP contribution in [0.5, 0.6) is 11.5 Å². The Bertz CT molecular complexity index is 4430. The fourth-order valence-electron chi connectivity index (χ4n) is 16.3. The van der Waals surface area contributed by atoms with Gasteiger partial charge < -0.3 is 74.8 Å². The first kappa shape index (κ1) is 73.2. The van der Waals surface area contributed by atoms with E-state index in [2.05, 4.69) is 40.1 Å². The first-order valence-electron chi connectivity index (χ1n) is 33.8. The highest BCUT2D eigenvalue weighted by atomic mass is 32.2. The van der Waals surface area contributed by atoms with E-state index in [0.717, 1.165) is 70.5 Å². The lowest BCUT2D eigenvalue weighted by molar-refractivity contribution is -0.247. The molecule has 3 aromatic carbocycles. The maximum atomic E-state index is 13.8. The van der Waals surface area contributed by atoms with Gasteiger partial charge in [0.2, 0.25) is 17.3 Å². The number of carboxylic acid groups (broad SMARTS) is 2. The van der Waals surface area contributed by atoms with Crippen molar-refractivity contribution in [1.82, 2.24) is 40.6 Å². The molecule has 6 atom stereocenters. The van der Waals surface area contributed by atoms with E-state index in [9.17, 15) is 67.3 Å². The van der Waals surface area contributed by atoms with Crippen LogP contribution < -0.4 is 35.6 Å². The van der Waals surface area contributed by atoms with Gasteiger partial charge in [-0.2, -0.15) is 13.5 Å². The summed E-state index contributed by atoms with van der Waals surface area (Å²) in [4.78, 5) is 88.2. The molecule has 4 saturated carbocycles. The Morgan fingerprint density at radius 2 is 1.59 bits per heavy atom. The molecule has 3 amide bonds. The third kappa shape index (κ3) is 17.1. The minimum absolute atomic E-state index is 0.0118. The SMILES string of the molecule is Cc1c(-c2ccc(N3CCc4cccc(C(=O)Nc5nc6ccccc6s5)c4C3)nc2C(=O)O)cnn1CC12CC3(C)CC(OCCNCC(=O)OCc4ccc(O[C@@H]5OC(C(=O)O)=C(O)C(O)=C5O)cc4OCCOCCNC[C@@H](CS(=O)(=O)O)NCCCN4C(=O)C=CC4=O)(C1)C[C@@](C)(C3)C2. The van der Waals surface area contributed by atoms with Gasteiger partial charge in [-0.1, -0.05) is 49.4 Å². The number of rotatable bonds is 34. The molecule has 0 spiro atoms. The van der Waals surface area contributed by atoms with Crippen LogP contribution in [-0.4, -0.2) is 195 Å². The average Bonchev–Trinajstić information content (AvgIpc) is 0.727. The van der Waals surface area contributed by atoms with Crippen LogP contribution in [0.15, 0.2) is 114 Å². The number of hydrogen-bond acceptors (Lipinski definition) is 25. The van der Waals surface area contributed by atoms with E-state index in [1.165, 1.54) is 41.7 Å². The van der Waals surface area contributed by atoms with Gasteiger partial charge >= 0.3 is 24.2 Å². The third-order valence-corrected chi connectivity index (χ3v) is 21.3. The number of carbonyl (C=O) groups is 6. The molecule has 7 aliphatic rings. The molecule has 103 heavy (non-hydrogen) atoms. The molecule has 13 rings (SSSR count). The number of nitrogens with zero attached hydrogens (tertiary/aromatic N) is 6. The number of aromatic carboxylic acids is 1. The molecular weight excluding hydrogens is 1380 g/mol. The van der Waals surface area contributed by atoms with Crippen LogP contribution >= 0.6 is 11.3 Å². The first-order valence-corrected chi connectivity index (χ1v) is 36.3. The van der Waals surface area contributed by atoms with Crippen molar-refractivity contribution in [3.05, 3.63) is 148 Å². The van der Waals surface area contributed by atoms with Crippen molar-refractivity contribution in [2.24, 2.45) is 16.2 Å². The highest BCUT2D eigenvalue weighted by Crippen LogP contribution is 2.72. The van der Waals surface area contributed by atoms with Crippen molar-refractivity contribution in [2.45, 2.75) is 110 Å². The number of aliphatic carboxylic acids is 1. The molecule has 0 radical (unpaired) electrons. The lowest BCUT2D eigenvalue weighted by Crippen LogP contribution is -2.64. The van der Waals surface area contributed by atoms with Gasteiger partial charge in [0, 0.05) is 98.0 Å². The molecule has 6 heterocycles. The predicted octanol–water partition coefficient (Wildman–Crippen LogP) is 6.91. The highest BCUT2D eigenvalue weighted by molar-refractivity contribution is 7.85. The number of nitrogens with one attached hydrogen (secondary N) is 4. The first-order chi connectivity index (χ1) is 49.2. The van der Waals surface area contributed by atoms with Crippen molar-refractivity contribution < 1.29 is 95.7 Å². The molecule has 32 heteroatoms. The largest absolute Gasteiger partial charge is 0.503 e. The van der Waals surface area contributed by atoms with E-state index in [1.54, 1.807) is 18.3 Å². The number of anilines is 2. The number of para-hydroxylation sites is 1. The molecule has 0 saturated heterocycles. The molecule has 3 aliphatic heterocycles. The number of aliphatic hydroxyl groups is 3. The van der Waals surface area contributed by atoms with Crippen LogP contribution in [0.4, 0.5) is 10.9 Å². The van der Waals surface area contributed by atoms with E-state index in [4.69, 9.17) is 38.5 Å². The summed E-state index contributed by atoms with van der Waals surface area (Å²) in [5.74, 6) is -9.23. The van der Waals surface area contributed by atoms with Gasteiger partial charge in [0.15, 0.2) is 10.8 Å². The Kier molecular flexibility index (Phi) is 21.6. The van der Waals surface area contributed by atoms with E-state index in [1.807, 2.05) is 59.0 Å². The summed E-state index contributed by atoms with van der Waals surface area (Å²) in [6.07, 6.45) is 8.65. The highest BCUT2D eigenvalue weighted by Gasteiger charge is 2.66. The van der Waals surface area contributed by atoms with E-state index < -0.39 is 86.6 Å². The molecule has 4 aliphatic carbocycles. The number of aliphatic hydroxyl groups excluding tert-OH is 3. The monoisotopic (exact) mass is 1460 g/mol. The number of thiazole rings is 1. The Hall–Kier alpha value is -9.54. The van der Waals surface area contributed by atoms with Crippen LogP contribution in [0, 0.1) is 23.2 Å². The van der Waals surface area contributed by atoms with E-state index >= 15 is 0 Å². The second kappa shape index (κ2) is 30.4. The number of benzene rings is 3. The van der Waals surface area contributed by atoms with Crippen molar-refractivity contribution in [2.75, 3.05) is 88.2 Å². The van der Waals surface area contributed by atoms with Crippen LogP contribution in [0.2, 0.25) is 0 Å². The number of carboxylic acids is 2. The molecular formula is C71H82N10O20S2. The number of aromatic nitrogens is 4. The summed E-state index contributed by atoms with van der Waals surface area (Å²) in [5, 5.41) is 68.7. The minimum Gasteiger partial charge on any atom is -0.503 e. The Morgan fingerprint density at radius 1 is 0.825 bits per heavy atom. The van der Waals surface area contributed by atoms with Gasteiger partial charge in [0.1, 0.15) is 30.5 Å². The molecule has 30 nitrogen and oxygen atoms in total. The topological polar surface area (TPSA) is 412 Å². The average molecular weight is 1460 g/mol. The maximum Gasteiger partial charge on any atom is 0.375 e. The Labute approximate surface area is 596 Å². The van der Waals surface area contributed by atoms with Crippen LogP contribution in [0.25, 0.3) is 21.3 Å². The second-order valence-electron chi connectivity index (χ2n) is 27.9. The maximum absolute atomic E-state index is 13.8. The Morgan fingerprint density at radius 3 is 2.34 bits per heavy atom. The predicted molar refractivity (Wildman–Crippen MR) is 373 cm³/mol. The van der Waals surface area contributed by atoms with Crippen LogP contribution in [0.3, 0.4) is 0 Å². The summed E-state index contributed by atoms with van der Waals surface area (Å²) in [5.41, 5.74) is 4.73. The number of pyridine rings is 1. The van der Waals surface area contributed by atoms with Gasteiger partial charge in [-0.05, 0) is 135 Å². The van der Waals surface area contributed by atoms with Crippen LogP contribution in [-0.2, 0) is 74.4 Å². The molecule has 4 bridgehead atoms. The number of amides is 3. The smallest absolute Gasteiger partial charge is 0.375 e. The molecule has 6 aromatic rings. The second-order valence-corrected chi connectivity index (χ2v) is 30.4. The zero-order valence-electron chi connectivity index (χ0n) is 57.0. The van der Waals surface area contributed by atoms with Crippen molar-refractivity contribution in [1.29, 1.82) is 0 Å². The molecule has 4 fully saturated rings. The van der Waals surface area contributed by atoms with Crippen molar-refractivity contribution >= 4 is 78.3 Å². The summed E-state index contributed by atoms with van der Waals surface area (Å²) in [6.45, 7) is 9.12. The number of hydrogen-bond donors (Lipinski definition) is 10.